The molecule has 2 N–H and O–H groups in total. The van der Waals surface area contributed by atoms with E-state index in [9.17, 15) is 14.9 Å². The monoisotopic (exact) mass is 460 g/mol. The van der Waals surface area contributed by atoms with Gasteiger partial charge in [0.2, 0.25) is 0 Å². The van der Waals surface area contributed by atoms with Crippen molar-refractivity contribution in [3.8, 4) is 0 Å². The van der Waals surface area contributed by atoms with E-state index in [2.05, 4.69) is 38.3 Å². The minimum Gasteiger partial charge on any atom is -0.444 e. The fourth-order valence-corrected chi connectivity index (χ4v) is 4.60. The highest BCUT2D eigenvalue weighted by Gasteiger charge is 2.50. The standard InChI is InChI=1S/C25H40N4O4/c1-17(23(2,3)4)26-15-18-8-9-20(21(12-18)29(31)32)27-19-13-25(14-19)10-11-28(16-25)22(30)33-24(5,6)7/h8-9,12,17,19,26-27H,10-11,13-16H2,1-7H3/t17-,19?,25?/m0/s1. The molecule has 1 aliphatic heterocycles. The van der Waals surface area contributed by atoms with Crippen molar-refractivity contribution < 1.29 is 14.5 Å². The summed E-state index contributed by atoms with van der Waals surface area (Å²) < 4.78 is 5.50. The van der Waals surface area contributed by atoms with E-state index in [0.29, 0.717) is 25.3 Å². The molecule has 0 bridgehead atoms. The molecule has 2 fully saturated rings. The van der Waals surface area contributed by atoms with Crippen molar-refractivity contribution in [1.29, 1.82) is 0 Å². The van der Waals surface area contributed by atoms with Gasteiger partial charge in [-0.15, -0.1) is 0 Å². The van der Waals surface area contributed by atoms with Gasteiger partial charge in [0.1, 0.15) is 11.3 Å². The smallest absolute Gasteiger partial charge is 0.410 e. The summed E-state index contributed by atoms with van der Waals surface area (Å²) in [6.07, 6.45) is 2.49. The molecule has 0 unspecified atom stereocenters. The maximum absolute atomic E-state index is 12.4. The third kappa shape index (κ3) is 6.37. The average molecular weight is 461 g/mol. The highest BCUT2D eigenvalue weighted by atomic mass is 16.6. The number of benzene rings is 1. The molecule has 1 aliphatic carbocycles. The Hall–Kier alpha value is -2.35. The van der Waals surface area contributed by atoms with E-state index in [4.69, 9.17) is 4.74 Å². The van der Waals surface area contributed by atoms with Gasteiger partial charge in [0.15, 0.2) is 0 Å². The summed E-state index contributed by atoms with van der Waals surface area (Å²) in [7, 11) is 0. The van der Waals surface area contributed by atoms with E-state index in [1.165, 1.54) is 0 Å². The van der Waals surface area contributed by atoms with Crippen LogP contribution in [0.1, 0.15) is 73.3 Å². The molecule has 8 heteroatoms. The molecular weight excluding hydrogens is 420 g/mol. The second-order valence-electron chi connectivity index (χ2n) is 12.0. The van der Waals surface area contributed by atoms with Crippen LogP contribution in [0.5, 0.6) is 0 Å². The fourth-order valence-electron chi connectivity index (χ4n) is 4.60. The predicted molar refractivity (Wildman–Crippen MR) is 130 cm³/mol. The molecule has 1 spiro atoms. The number of likely N-dealkylation sites (tertiary alicyclic amines) is 1. The van der Waals surface area contributed by atoms with E-state index in [-0.39, 0.29) is 39.6 Å². The van der Waals surface area contributed by atoms with E-state index < -0.39 is 5.60 Å². The number of nitrogens with zero attached hydrogens (tertiary/aromatic N) is 2. The van der Waals surface area contributed by atoms with Crippen molar-refractivity contribution in [1.82, 2.24) is 10.2 Å². The van der Waals surface area contributed by atoms with Crippen LogP contribution in [0.25, 0.3) is 0 Å². The summed E-state index contributed by atoms with van der Waals surface area (Å²) in [6.45, 7) is 16.2. The number of rotatable bonds is 6. The fraction of sp³-hybridized carbons (Fsp3) is 0.720. The predicted octanol–water partition coefficient (Wildman–Crippen LogP) is 5.32. The molecule has 8 nitrogen and oxygen atoms in total. The molecule has 1 atom stereocenters. The lowest BCUT2D eigenvalue weighted by Crippen LogP contribution is -2.47. The Morgan fingerprint density at radius 1 is 1.27 bits per heavy atom. The normalized spacial score (nSPS) is 23.8. The molecule has 1 amide bonds. The molecule has 33 heavy (non-hydrogen) atoms. The number of hydrogen-bond donors (Lipinski definition) is 2. The summed E-state index contributed by atoms with van der Waals surface area (Å²) in [5.41, 5.74) is 1.29. The van der Waals surface area contributed by atoms with Gasteiger partial charge >= 0.3 is 6.09 Å². The SMILES string of the molecule is C[C@H](NCc1ccc(NC2CC3(CCN(C(=O)OC(C)(C)C)C3)C2)c([N+](=O)[O-])c1)C(C)(C)C. The molecule has 184 valence electrons. The van der Waals surface area contributed by atoms with Crippen LogP contribution in [0.3, 0.4) is 0 Å². The summed E-state index contributed by atoms with van der Waals surface area (Å²) in [5.74, 6) is 0. The maximum Gasteiger partial charge on any atom is 0.410 e. The quantitative estimate of drug-likeness (QED) is 0.440. The van der Waals surface area contributed by atoms with Crippen LogP contribution in [0.15, 0.2) is 18.2 Å². The Balaban J connectivity index is 1.57. The first-order valence-electron chi connectivity index (χ1n) is 11.9. The van der Waals surface area contributed by atoms with Crippen molar-refractivity contribution in [2.75, 3.05) is 18.4 Å². The molecule has 1 aromatic carbocycles. The number of anilines is 1. The van der Waals surface area contributed by atoms with Crippen LogP contribution >= 0.6 is 0 Å². The number of nitro groups is 1. The first-order chi connectivity index (χ1) is 15.2. The summed E-state index contributed by atoms with van der Waals surface area (Å²) >= 11 is 0. The summed E-state index contributed by atoms with van der Waals surface area (Å²) in [4.78, 5) is 25.6. The number of amides is 1. The first-order valence-corrected chi connectivity index (χ1v) is 11.9. The van der Waals surface area contributed by atoms with E-state index >= 15 is 0 Å². The van der Waals surface area contributed by atoms with E-state index in [1.807, 2.05) is 32.9 Å². The molecule has 2 aliphatic rings. The van der Waals surface area contributed by atoms with Crippen molar-refractivity contribution in [2.45, 2.75) is 92.0 Å². The number of hydrogen-bond acceptors (Lipinski definition) is 6. The van der Waals surface area contributed by atoms with Gasteiger partial charge in [-0.05, 0) is 69.4 Å². The Morgan fingerprint density at radius 2 is 1.94 bits per heavy atom. The summed E-state index contributed by atoms with van der Waals surface area (Å²) in [6, 6.07) is 5.90. The lowest BCUT2D eigenvalue weighted by Gasteiger charge is -2.45. The Morgan fingerprint density at radius 3 is 2.52 bits per heavy atom. The molecule has 0 radical (unpaired) electrons. The molecular formula is C25H40N4O4. The Kier molecular flexibility index (Phi) is 6.99. The lowest BCUT2D eigenvalue weighted by molar-refractivity contribution is -0.384. The highest BCUT2D eigenvalue weighted by Crippen LogP contribution is 2.49. The third-order valence-electron chi connectivity index (χ3n) is 6.98. The van der Waals surface area contributed by atoms with Crippen LogP contribution in [0, 0.1) is 20.9 Å². The van der Waals surface area contributed by atoms with Crippen molar-refractivity contribution >= 4 is 17.5 Å². The third-order valence-corrected chi connectivity index (χ3v) is 6.98. The molecule has 1 saturated carbocycles. The first kappa shape index (κ1) is 25.3. The molecule has 3 rings (SSSR count). The van der Waals surface area contributed by atoms with Crippen molar-refractivity contribution in [3.63, 3.8) is 0 Å². The van der Waals surface area contributed by atoms with Gasteiger partial charge in [0.05, 0.1) is 4.92 Å². The average Bonchev–Trinajstić information content (AvgIpc) is 3.10. The van der Waals surface area contributed by atoms with Crippen LogP contribution < -0.4 is 10.6 Å². The van der Waals surface area contributed by atoms with Gasteiger partial charge in [0.25, 0.3) is 5.69 Å². The largest absolute Gasteiger partial charge is 0.444 e. The van der Waals surface area contributed by atoms with Gasteiger partial charge in [-0.2, -0.15) is 0 Å². The van der Waals surface area contributed by atoms with Gasteiger partial charge in [-0.3, -0.25) is 10.1 Å². The van der Waals surface area contributed by atoms with Crippen LogP contribution in [0.4, 0.5) is 16.2 Å². The molecule has 0 aromatic heterocycles. The van der Waals surface area contributed by atoms with Crippen molar-refractivity contribution in [2.24, 2.45) is 10.8 Å². The Labute approximate surface area is 197 Å². The number of carbonyl (C=O) groups excluding carboxylic acids is 1. The lowest BCUT2D eigenvalue weighted by atomic mass is 9.65. The van der Waals surface area contributed by atoms with Gasteiger partial charge in [-0.1, -0.05) is 26.8 Å². The second-order valence-corrected chi connectivity index (χ2v) is 12.0. The topological polar surface area (TPSA) is 96.7 Å². The van der Waals surface area contributed by atoms with Crippen LogP contribution in [-0.2, 0) is 11.3 Å². The van der Waals surface area contributed by atoms with E-state index in [0.717, 1.165) is 24.8 Å². The number of ether oxygens (including phenoxy) is 1. The molecule has 1 aromatic rings. The van der Waals surface area contributed by atoms with Crippen molar-refractivity contribution in [3.05, 3.63) is 33.9 Å². The zero-order valence-corrected chi connectivity index (χ0v) is 21.2. The van der Waals surface area contributed by atoms with E-state index in [1.54, 1.807) is 11.0 Å². The number of nitro benzene ring substituents is 1. The minimum atomic E-state index is -0.498. The van der Waals surface area contributed by atoms with Crippen LogP contribution in [0.2, 0.25) is 0 Å². The highest BCUT2D eigenvalue weighted by molar-refractivity contribution is 5.69. The number of carbonyl (C=O) groups is 1. The van der Waals surface area contributed by atoms with Gasteiger partial charge in [-0.25, -0.2) is 4.79 Å². The zero-order chi connectivity index (χ0) is 24.6. The molecule has 1 heterocycles. The Bertz CT molecular complexity index is 881. The van der Waals surface area contributed by atoms with Gasteiger partial charge in [0, 0.05) is 37.8 Å². The maximum atomic E-state index is 12.4. The zero-order valence-electron chi connectivity index (χ0n) is 21.2. The molecule has 1 saturated heterocycles. The minimum absolute atomic E-state index is 0.0936. The second kappa shape index (κ2) is 9.12. The van der Waals surface area contributed by atoms with Crippen LogP contribution in [-0.4, -0.2) is 46.7 Å². The summed E-state index contributed by atoms with van der Waals surface area (Å²) in [5, 5.41) is 18.6. The number of nitrogens with one attached hydrogen (secondary N) is 2. The van der Waals surface area contributed by atoms with Gasteiger partial charge < -0.3 is 20.3 Å².